The van der Waals surface area contributed by atoms with E-state index >= 15 is 0 Å². The van der Waals surface area contributed by atoms with Crippen LogP contribution in [0.5, 0.6) is 5.75 Å². The summed E-state index contributed by atoms with van der Waals surface area (Å²) in [6, 6.07) is 3.63. The number of phenols is 1. The fraction of sp³-hybridized carbons (Fsp3) is 0.273. The van der Waals surface area contributed by atoms with Crippen LogP contribution in [0, 0.1) is 0 Å². The van der Waals surface area contributed by atoms with Crippen molar-refractivity contribution in [2.24, 2.45) is 0 Å². The van der Waals surface area contributed by atoms with Crippen LogP contribution in [0.2, 0.25) is 0 Å². The number of aromatic nitrogens is 2. The molecule has 0 fully saturated rings. The van der Waals surface area contributed by atoms with Crippen molar-refractivity contribution in [2.75, 3.05) is 0 Å². The van der Waals surface area contributed by atoms with Crippen LogP contribution in [0.4, 0.5) is 0 Å². The molecule has 1 aromatic carbocycles. The van der Waals surface area contributed by atoms with Gasteiger partial charge in [-0.3, -0.25) is 0 Å². The number of hydrogen-bond acceptors (Lipinski definition) is 3. The molecule has 0 aliphatic heterocycles. The van der Waals surface area contributed by atoms with Gasteiger partial charge in [0.1, 0.15) is 12.1 Å². The van der Waals surface area contributed by atoms with Crippen LogP contribution in [0.3, 0.4) is 0 Å². The van der Waals surface area contributed by atoms with Crippen molar-refractivity contribution in [3.63, 3.8) is 0 Å². The van der Waals surface area contributed by atoms with Gasteiger partial charge in [0.15, 0.2) is 0 Å². The number of rotatable bonds is 1. The molecule has 0 aliphatic carbocycles. The Labute approximate surface area is 82.4 Å². The molecule has 0 spiro atoms. The lowest BCUT2D eigenvalue weighted by Crippen LogP contribution is -1.90. The average Bonchev–Trinajstić information content (AvgIpc) is 2.16. The molecule has 0 unspecified atom stereocenters. The van der Waals surface area contributed by atoms with E-state index in [0.717, 1.165) is 16.5 Å². The maximum atomic E-state index is 9.72. The summed E-state index contributed by atoms with van der Waals surface area (Å²) in [6.45, 7) is 4.09. The van der Waals surface area contributed by atoms with Gasteiger partial charge in [-0.05, 0) is 17.5 Å². The van der Waals surface area contributed by atoms with Crippen LogP contribution >= 0.6 is 0 Å². The van der Waals surface area contributed by atoms with Crippen LogP contribution in [0.25, 0.3) is 10.9 Å². The fourth-order valence-electron chi connectivity index (χ4n) is 1.50. The van der Waals surface area contributed by atoms with Gasteiger partial charge in [-0.25, -0.2) is 9.97 Å². The summed E-state index contributed by atoms with van der Waals surface area (Å²) in [6.07, 6.45) is 3.24. The predicted molar refractivity (Wildman–Crippen MR) is 55.3 cm³/mol. The van der Waals surface area contributed by atoms with Crippen molar-refractivity contribution in [2.45, 2.75) is 19.8 Å². The lowest BCUT2D eigenvalue weighted by molar-refractivity contribution is 0.465. The van der Waals surface area contributed by atoms with Gasteiger partial charge in [0.2, 0.25) is 0 Å². The first-order chi connectivity index (χ1) is 6.68. The molecule has 14 heavy (non-hydrogen) atoms. The average molecular weight is 188 g/mol. The lowest BCUT2D eigenvalue weighted by Gasteiger charge is -2.08. The van der Waals surface area contributed by atoms with E-state index in [1.165, 1.54) is 6.33 Å². The summed E-state index contributed by atoms with van der Waals surface area (Å²) in [5.41, 5.74) is 1.72. The molecule has 0 amide bonds. The van der Waals surface area contributed by atoms with Crippen LogP contribution < -0.4 is 0 Å². The molecule has 0 saturated heterocycles. The summed E-state index contributed by atoms with van der Waals surface area (Å²) < 4.78 is 0. The van der Waals surface area contributed by atoms with Gasteiger partial charge in [-0.15, -0.1) is 0 Å². The second-order valence-corrected chi connectivity index (χ2v) is 3.65. The number of fused-ring (bicyclic) bond motifs is 1. The highest BCUT2D eigenvalue weighted by Gasteiger charge is 2.07. The Morgan fingerprint density at radius 3 is 2.79 bits per heavy atom. The molecule has 0 aliphatic rings. The first kappa shape index (κ1) is 8.94. The molecule has 0 saturated carbocycles. The van der Waals surface area contributed by atoms with Crippen LogP contribution in [-0.2, 0) is 0 Å². The highest BCUT2D eigenvalue weighted by atomic mass is 16.3. The predicted octanol–water partition coefficient (Wildman–Crippen LogP) is 2.46. The molecule has 3 heteroatoms. The summed E-state index contributed by atoms with van der Waals surface area (Å²) >= 11 is 0. The molecule has 0 atom stereocenters. The topological polar surface area (TPSA) is 46.0 Å². The van der Waals surface area contributed by atoms with E-state index < -0.39 is 0 Å². The normalized spacial score (nSPS) is 11.1. The van der Waals surface area contributed by atoms with Crippen molar-refractivity contribution in [3.8, 4) is 5.75 Å². The van der Waals surface area contributed by atoms with E-state index in [4.69, 9.17) is 0 Å². The third-order valence-corrected chi connectivity index (χ3v) is 2.28. The molecule has 72 valence electrons. The van der Waals surface area contributed by atoms with E-state index in [1.54, 1.807) is 12.3 Å². The third kappa shape index (κ3) is 1.41. The molecule has 0 bridgehead atoms. The molecule has 3 nitrogen and oxygen atoms in total. The van der Waals surface area contributed by atoms with Crippen molar-refractivity contribution in [3.05, 3.63) is 30.2 Å². The van der Waals surface area contributed by atoms with Gasteiger partial charge < -0.3 is 5.11 Å². The van der Waals surface area contributed by atoms with Crippen molar-refractivity contribution >= 4 is 10.9 Å². The summed E-state index contributed by atoms with van der Waals surface area (Å²) in [4.78, 5) is 8.02. The molecule has 2 aromatic rings. The molecule has 1 heterocycles. The summed E-state index contributed by atoms with van der Waals surface area (Å²) in [7, 11) is 0. The first-order valence-electron chi connectivity index (χ1n) is 4.61. The van der Waals surface area contributed by atoms with Crippen molar-refractivity contribution in [1.29, 1.82) is 0 Å². The van der Waals surface area contributed by atoms with Gasteiger partial charge in [0, 0.05) is 17.6 Å². The molecule has 1 aromatic heterocycles. The minimum absolute atomic E-state index is 0.305. The number of aromatic hydroxyl groups is 1. The van der Waals surface area contributed by atoms with Crippen LogP contribution in [-0.4, -0.2) is 15.1 Å². The van der Waals surface area contributed by atoms with Gasteiger partial charge >= 0.3 is 0 Å². The highest BCUT2D eigenvalue weighted by molar-refractivity contribution is 5.80. The van der Waals surface area contributed by atoms with E-state index in [0.29, 0.717) is 11.7 Å². The van der Waals surface area contributed by atoms with E-state index in [9.17, 15) is 5.11 Å². The Morgan fingerprint density at radius 1 is 1.29 bits per heavy atom. The molecule has 2 rings (SSSR count). The van der Waals surface area contributed by atoms with Gasteiger partial charge in [0.05, 0.1) is 5.52 Å². The monoisotopic (exact) mass is 188 g/mol. The third-order valence-electron chi connectivity index (χ3n) is 2.28. The maximum Gasteiger partial charge on any atom is 0.121 e. The number of hydrogen-bond donors (Lipinski definition) is 1. The van der Waals surface area contributed by atoms with E-state index in [2.05, 4.69) is 9.97 Å². The van der Waals surface area contributed by atoms with Gasteiger partial charge in [-0.2, -0.15) is 0 Å². The number of nitrogens with zero attached hydrogens (tertiary/aromatic N) is 2. The highest BCUT2D eigenvalue weighted by Crippen LogP contribution is 2.28. The van der Waals surface area contributed by atoms with Crippen LogP contribution in [0.1, 0.15) is 25.3 Å². The fourth-order valence-corrected chi connectivity index (χ4v) is 1.50. The number of benzene rings is 1. The smallest absolute Gasteiger partial charge is 0.121 e. The maximum absolute atomic E-state index is 9.72. The number of phenolic OH excluding ortho intramolecular Hbond substituents is 1. The second-order valence-electron chi connectivity index (χ2n) is 3.65. The Balaban J connectivity index is 2.71. The molecule has 1 N–H and O–H groups in total. The molecule has 0 radical (unpaired) electrons. The van der Waals surface area contributed by atoms with Crippen molar-refractivity contribution in [1.82, 2.24) is 9.97 Å². The zero-order chi connectivity index (χ0) is 10.1. The standard InChI is InChI=1S/C11H12N2O/c1-7(2)9-3-8-5-12-6-13-10(8)4-11(9)14/h3-7,14H,1-2H3. The second kappa shape index (κ2) is 3.25. The SMILES string of the molecule is CC(C)c1cc2cncnc2cc1O. The zero-order valence-electron chi connectivity index (χ0n) is 8.23. The van der Waals surface area contributed by atoms with Crippen molar-refractivity contribution < 1.29 is 5.11 Å². The Hall–Kier alpha value is -1.64. The lowest BCUT2D eigenvalue weighted by atomic mass is 10.0. The minimum atomic E-state index is 0.305. The first-order valence-corrected chi connectivity index (χ1v) is 4.61. The quantitative estimate of drug-likeness (QED) is 0.747. The van der Waals surface area contributed by atoms with Gasteiger partial charge in [-0.1, -0.05) is 13.8 Å². The Bertz CT molecular complexity index is 466. The zero-order valence-corrected chi connectivity index (χ0v) is 8.23. The Kier molecular flexibility index (Phi) is 2.08. The molecular weight excluding hydrogens is 176 g/mol. The summed E-state index contributed by atoms with van der Waals surface area (Å²) in [5.74, 6) is 0.616. The minimum Gasteiger partial charge on any atom is -0.508 e. The molecular formula is C11H12N2O. The van der Waals surface area contributed by atoms with Crippen LogP contribution in [0.15, 0.2) is 24.7 Å². The van der Waals surface area contributed by atoms with Gasteiger partial charge in [0.25, 0.3) is 0 Å². The Morgan fingerprint density at radius 2 is 2.07 bits per heavy atom. The largest absolute Gasteiger partial charge is 0.508 e. The van der Waals surface area contributed by atoms with E-state index in [-0.39, 0.29) is 0 Å². The summed E-state index contributed by atoms with van der Waals surface area (Å²) in [5, 5.41) is 10.7. The van der Waals surface area contributed by atoms with E-state index in [1.807, 2.05) is 19.9 Å².